The fourth-order valence-corrected chi connectivity index (χ4v) is 4.73. The standard InChI is InChI=1S/C20H28F3N5OS.C4H8/c1-10-12(3)30-17(25-10)15-11(2)26-18(24-9-20(21,22)23)28-16(15)27-14-7-6-13(8-14)19(4,5)29;1-3-4-2/h13-14,29H,6-9H2,1-5H3,(H2,24,26,27,28);3-4H,1-2H3/b;4-3-. The zero-order valence-corrected chi connectivity index (χ0v) is 21.8. The van der Waals surface area contributed by atoms with Gasteiger partial charge in [0.05, 0.1) is 22.6 Å². The van der Waals surface area contributed by atoms with E-state index < -0.39 is 18.3 Å². The molecular formula is C24H36F3N5OS. The molecule has 2 unspecified atom stereocenters. The summed E-state index contributed by atoms with van der Waals surface area (Å²) in [4.78, 5) is 14.3. The molecule has 0 saturated heterocycles. The third-order valence-electron chi connectivity index (χ3n) is 5.89. The minimum Gasteiger partial charge on any atom is -0.390 e. The van der Waals surface area contributed by atoms with Crippen molar-refractivity contribution in [3.05, 3.63) is 28.4 Å². The molecule has 2 aromatic heterocycles. The summed E-state index contributed by atoms with van der Waals surface area (Å²) in [6.45, 7) is 12.1. The number of thiazole rings is 1. The maximum Gasteiger partial charge on any atom is 0.405 e. The van der Waals surface area contributed by atoms with E-state index in [0.29, 0.717) is 17.1 Å². The van der Waals surface area contributed by atoms with Gasteiger partial charge >= 0.3 is 6.18 Å². The van der Waals surface area contributed by atoms with Crippen LogP contribution in [0.3, 0.4) is 0 Å². The first-order valence-electron chi connectivity index (χ1n) is 11.4. The second kappa shape index (κ2) is 11.5. The fourth-order valence-electron chi connectivity index (χ4n) is 3.72. The van der Waals surface area contributed by atoms with Gasteiger partial charge in [-0.25, -0.2) is 9.97 Å². The van der Waals surface area contributed by atoms with Gasteiger partial charge in [0, 0.05) is 10.9 Å². The van der Waals surface area contributed by atoms with Gasteiger partial charge in [-0.2, -0.15) is 18.2 Å². The van der Waals surface area contributed by atoms with Crippen molar-refractivity contribution in [2.75, 3.05) is 17.2 Å². The van der Waals surface area contributed by atoms with Gasteiger partial charge in [-0.3, -0.25) is 0 Å². The summed E-state index contributed by atoms with van der Waals surface area (Å²) in [5.41, 5.74) is 1.40. The van der Waals surface area contributed by atoms with Gasteiger partial charge in [0.25, 0.3) is 0 Å². The quantitative estimate of drug-likeness (QED) is 0.397. The molecule has 0 bridgehead atoms. The van der Waals surface area contributed by atoms with Crippen LogP contribution in [-0.4, -0.2) is 44.4 Å². The Morgan fingerprint density at radius 1 is 1.03 bits per heavy atom. The Kier molecular flexibility index (Phi) is 9.47. The molecular weight excluding hydrogens is 463 g/mol. The smallest absolute Gasteiger partial charge is 0.390 e. The zero-order valence-electron chi connectivity index (χ0n) is 21.0. The molecule has 10 heteroatoms. The van der Waals surface area contributed by atoms with E-state index in [9.17, 15) is 18.3 Å². The van der Waals surface area contributed by atoms with Crippen molar-refractivity contribution in [1.82, 2.24) is 15.0 Å². The van der Waals surface area contributed by atoms with Crippen molar-refractivity contribution in [1.29, 1.82) is 0 Å². The second-order valence-corrected chi connectivity index (χ2v) is 10.4. The Hall–Kier alpha value is -2.20. The highest BCUT2D eigenvalue weighted by Gasteiger charge is 2.35. The largest absolute Gasteiger partial charge is 0.405 e. The first kappa shape index (κ1) is 28.0. The van der Waals surface area contributed by atoms with Crippen LogP contribution in [0, 0.1) is 26.7 Å². The summed E-state index contributed by atoms with van der Waals surface area (Å²) < 4.78 is 38.0. The van der Waals surface area contributed by atoms with E-state index in [4.69, 9.17) is 0 Å². The molecule has 190 valence electrons. The Morgan fingerprint density at radius 3 is 2.15 bits per heavy atom. The Labute approximate surface area is 204 Å². The highest BCUT2D eigenvalue weighted by atomic mass is 32.1. The SMILES string of the molecule is C/C=C\C.Cc1nc(-c2c(C)nc(NCC(F)(F)F)nc2NC2CCC(C(C)(C)O)C2)sc1C. The molecule has 34 heavy (non-hydrogen) atoms. The van der Waals surface area contributed by atoms with Crippen LogP contribution in [0.5, 0.6) is 0 Å². The van der Waals surface area contributed by atoms with Crippen LogP contribution < -0.4 is 10.6 Å². The first-order chi connectivity index (χ1) is 15.7. The van der Waals surface area contributed by atoms with Gasteiger partial charge in [0.2, 0.25) is 5.95 Å². The second-order valence-electron chi connectivity index (χ2n) is 9.16. The van der Waals surface area contributed by atoms with Crippen LogP contribution >= 0.6 is 11.3 Å². The number of alkyl halides is 3. The minimum absolute atomic E-state index is 0.0621. The number of hydrogen-bond acceptors (Lipinski definition) is 7. The maximum atomic E-state index is 12.7. The van der Waals surface area contributed by atoms with Gasteiger partial charge in [0.1, 0.15) is 17.4 Å². The predicted octanol–water partition coefficient (Wildman–Crippen LogP) is 6.43. The van der Waals surface area contributed by atoms with Crippen LogP contribution in [-0.2, 0) is 0 Å². The van der Waals surface area contributed by atoms with Crippen molar-refractivity contribution in [3.63, 3.8) is 0 Å². The van der Waals surface area contributed by atoms with E-state index >= 15 is 0 Å². The van der Waals surface area contributed by atoms with Gasteiger partial charge in [-0.05, 0) is 73.6 Å². The van der Waals surface area contributed by atoms with Crippen molar-refractivity contribution in [2.24, 2.45) is 5.92 Å². The third-order valence-corrected chi connectivity index (χ3v) is 6.98. The highest BCUT2D eigenvalue weighted by Crippen LogP contribution is 2.39. The Bertz CT molecular complexity index is 959. The molecule has 2 heterocycles. The molecule has 6 nitrogen and oxygen atoms in total. The summed E-state index contributed by atoms with van der Waals surface area (Å²) >= 11 is 1.51. The molecule has 0 radical (unpaired) electrons. The molecule has 0 aromatic carbocycles. The molecule has 2 atom stereocenters. The van der Waals surface area contributed by atoms with Gasteiger partial charge in [-0.15, -0.1) is 11.3 Å². The number of aliphatic hydroxyl groups is 1. The molecule has 1 saturated carbocycles. The monoisotopic (exact) mass is 499 g/mol. The number of rotatable bonds is 6. The summed E-state index contributed by atoms with van der Waals surface area (Å²) in [6.07, 6.45) is 2.11. The number of allylic oxidation sites excluding steroid dienone is 2. The summed E-state index contributed by atoms with van der Waals surface area (Å²) in [5, 5.41) is 16.7. The molecule has 0 aliphatic heterocycles. The molecule has 2 aromatic rings. The van der Waals surface area contributed by atoms with Crippen LogP contribution in [0.15, 0.2) is 12.2 Å². The molecule has 3 N–H and O–H groups in total. The number of hydrogen-bond donors (Lipinski definition) is 3. The molecule has 1 fully saturated rings. The Morgan fingerprint density at radius 2 is 1.68 bits per heavy atom. The van der Waals surface area contributed by atoms with Gasteiger partial charge < -0.3 is 15.7 Å². The Balaban J connectivity index is 0.000000945. The first-order valence-corrected chi connectivity index (χ1v) is 12.3. The number of aromatic nitrogens is 3. The predicted molar refractivity (Wildman–Crippen MR) is 133 cm³/mol. The number of halogens is 3. The topological polar surface area (TPSA) is 83.0 Å². The van der Waals surface area contributed by atoms with E-state index in [-0.39, 0.29) is 17.9 Å². The fraction of sp³-hybridized carbons (Fsp3) is 0.625. The number of aryl methyl sites for hydroxylation is 3. The van der Waals surface area contributed by atoms with Crippen molar-refractivity contribution < 1.29 is 18.3 Å². The van der Waals surface area contributed by atoms with Gasteiger partial charge in [0.15, 0.2) is 0 Å². The van der Waals surface area contributed by atoms with E-state index in [1.807, 2.05) is 39.8 Å². The average Bonchev–Trinajstić information content (AvgIpc) is 3.32. The maximum absolute atomic E-state index is 12.7. The number of nitrogens with one attached hydrogen (secondary N) is 2. The molecule has 0 amide bonds. The molecule has 1 aliphatic rings. The van der Waals surface area contributed by atoms with Crippen molar-refractivity contribution >= 4 is 23.1 Å². The van der Waals surface area contributed by atoms with Crippen molar-refractivity contribution in [3.8, 4) is 10.6 Å². The van der Waals surface area contributed by atoms with Crippen LogP contribution in [0.25, 0.3) is 10.6 Å². The normalized spacial score (nSPS) is 18.7. The lowest BCUT2D eigenvalue weighted by Crippen LogP contribution is -2.30. The molecule has 3 rings (SSSR count). The summed E-state index contributed by atoms with van der Waals surface area (Å²) in [5.74, 6) is 0.550. The van der Waals surface area contributed by atoms with E-state index in [0.717, 1.165) is 34.8 Å². The number of nitrogens with zero attached hydrogens (tertiary/aromatic N) is 3. The lowest BCUT2D eigenvalue weighted by Gasteiger charge is -2.25. The molecule has 0 spiro atoms. The van der Waals surface area contributed by atoms with E-state index in [1.165, 1.54) is 11.3 Å². The van der Waals surface area contributed by atoms with Crippen LogP contribution in [0.1, 0.15) is 63.2 Å². The lowest BCUT2D eigenvalue weighted by molar-refractivity contribution is -0.115. The van der Waals surface area contributed by atoms with Crippen LogP contribution in [0.4, 0.5) is 24.9 Å². The summed E-state index contributed by atoms with van der Waals surface area (Å²) in [7, 11) is 0. The lowest BCUT2D eigenvalue weighted by atomic mass is 9.89. The van der Waals surface area contributed by atoms with Crippen molar-refractivity contribution in [2.45, 2.75) is 85.5 Å². The molecule has 1 aliphatic carbocycles. The van der Waals surface area contributed by atoms with E-state index in [1.54, 1.807) is 20.8 Å². The van der Waals surface area contributed by atoms with Crippen LogP contribution in [0.2, 0.25) is 0 Å². The number of anilines is 2. The summed E-state index contributed by atoms with van der Waals surface area (Å²) in [6, 6.07) is 0.0621. The highest BCUT2D eigenvalue weighted by molar-refractivity contribution is 7.15. The van der Waals surface area contributed by atoms with E-state index in [2.05, 4.69) is 25.6 Å². The minimum atomic E-state index is -4.36. The zero-order chi connectivity index (χ0) is 25.7. The van der Waals surface area contributed by atoms with Gasteiger partial charge in [-0.1, -0.05) is 12.2 Å². The third kappa shape index (κ3) is 7.94. The average molecular weight is 500 g/mol.